The van der Waals surface area contributed by atoms with Crippen molar-refractivity contribution in [2.24, 2.45) is 0 Å². The molecule has 0 spiro atoms. The molecule has 2 nitrogen and oxygen atoms in total. The molecular formula is C16H25BrO2S2. The molecule has 0 radical (unpaired) electrons. The first-order chi connectivity index (χ1) is 10.0. The molecular weight excluding hydrogens is 368 g/mol. The Morgan fingerprint density at radius 2 is 1.43 bits per heavy atom. The van der Waals surface area contributed by atoms with Gasteiger partial charge in [-0.3, -0.25) is 0 Å². The second-order valence-corrected chi connectivity index (χ2v) is 9.23. The van der Waals surface area contributed by atoms with Gasteiger partial charge in [-0.05, 0) is 42.9 Å². The fourth-order valence-corrected chi connectivity index (χ4v) is 3.99. The van der Waals surface area contributed by atoms with Crippen LogP contribution in [-0.4, -0.2) is 25.8 Å². The van der Waals surface area contributed by atoms with E-state index in [-0.39, 0.29) is 0 Å². The average molecular weight is 393 g/mol. The Labute approximate surface area is 142 Å². The molecule has 0 bridgehead atoms. The van der Waals surface area contributed by atoms with Crippen molar-refractivity contribution in [3.63, 3.8) is 0 Å². The summed E-state index contributed by atoms with van der Waals surface area (Å²) in [6.45, 7) is 0. The van der Waals surface area contributed by atoms with Gasteiger partial charge in [0.15, 0.2) is 9.84 Å². The van der Waals surface area contributed by atoms with Crippen molar-refractivity contribution in [2.75, 3.05) is 17.3 Å². The molecule has 0 heterocycles. The number of benzene rings is 1. The molecule has 0 saturated carbocycles. The summed E-state index contributed by atoms with van der Waals surface area (Å²) in [6.07, 6.45) is 10.4. The van der Waals surface area contributed by atoms with Gasteiger partial charge in [0.05, 0.1) is 4.90 Å². The minimum atomic E-state index is -3.07. The van der Waals surface area contributed by atoms with Crippen LogP contribution in [0.2, 0.25) is 0 Å². The van der Waals surface area contributed by atoms with Crippen LogP contribution in [-0.2, 0) is 9.84 Å². The summed E-state index contributed by atoms with van der Waals surface area (Å²) in [6, 6.07) is 7.20. The van der Waals surface area contributed by atoms with E-state index >= 15 is 0 Å². The maximum Gasteiger partial charge on any atom is 0.175 e. The number of rotatable bonds is 11. The van der Waals surface area contributed by atoms with E-state index in [1.54, 1.807) is 12.1 Å². The predicted molar refractivity (Wildman–Crippen MR) is 96.4 cm³/mol. The van der Waals surface area contributed by atoms with Crippen molar-refractivity contribution < 1.29 is 8.42 Å². The van der Waals surface area contributed by atoms with Gasteiger partial charge in [-0.1, -0.05) is 48.0 Å². The largest absolute Gasteiger partial charge is 0.224 e. The molecule has 1 aromatic carbocycles. The molecule has 0 atom stereocenters. The average Bonchev–Trinajstić information content (AvgIpc) is 2.45. The van der Waals surface area contributed by atoms with E-state index in [2.05, 4.69) is 15.9 Å². The zero-order chi connectivity index (χ0) is 15.6. The predicted octanol–water partition coefficient (Wildman–Crippen LogP) is 5.31. The third-order valence-corrected chi connectivity index (χ3v) is 6.09. The van der Waals surface area contributed by atoms with Gasteiger partial charge >= 0.3 is 0 Å². The van der Waals surface area contributed by atoms with Crippen LogP contribution in [0.15, 0.2) is 34.1 Å². The molecule has 5 heteroatoms. The molecule has 0 aliphatic rings. The maximum atomic E-state index is 11.4. The van der Waals surface area contributed by atoms with Crippen molar-refractivity contribution in [1.82, 2.24) is 0 Å². The van der Waals surface area contributed by atoms with Gasteiger partial charge in [-0.15, -0.1) is 11.8 Å². The third-order valence-electron chi connectivity index (χ3n) is 3.30. The van der Waals surface area contributed by atoms with Crippen molar-refractivity contribution in [3.05, 3.63) is 24.3 Å². The van der Waals surface area contributed by atoms with Crippen LogP contribution in [0.5, 0.6) is 0 Å². The van der Waals surface area contributed by atoms with Crippen LogP contribution in [0, 0.1) is 0 Å². The van der Waals surface area contributed by atoms with Gasteiger partial charge in [0, 0.05) is 16.5 Å². The number of hydrogen-bond donors (Lipinski definition) is 0. The van der Waals surface area contributed by atoms with Gasteiger partial charge < -0.3 is 0 Å². The van der Waals surface area contributed by atoms with E-state index in [1.165, 1.54) is 51.2 Å². The van der Waals surface area contributed by atoms with Gasteiger partial charge in [0.1, 0.15) is 0 Å². The quantitative estimate of drug-likeness (QED) is 0.290. The molecule has 1 rings (SSSR count). The third kappa shape index (κ3) is 8.89. The number of unbranched alkanes of at least 4 members (excludes halogenated alkanes) is 6. The zero-order valence-corrected chi connectivity index (χ0v) is 15.9. The Bertz CT molecular complexity index is 484. The summed E-state index contributed by atoms with van der Waals surface area (Å²) in [7, 11) is -3.07. The van der Waals surface area contributed by atoms with Crippen LogP contribution in [0.3, 0.4) is 0 Å². The highest BCUT2D eigenvalue weighted by Crippen LogP contribution is 2.22. The Balaban J connectivity index is 2.10. The number of hydrogen-bond acceptors (Lipinski definition) is 3. The Morgan fingerprint density at radius 3 is 1.95 bits per heavy atom. The zero-order valence-electron chi connectivity index (χ0n) is 12.7. The lowest BCUT2D eigenvalue weighted by Crippen LogP contribution is -1.96. The van der Waals surface area contributed by atoms with Crippen molar-refractivity contribution in [3.8, 4) is 0 Å². The van der Waals surface area contributed by atoms with E-state index in [0.29, 0.717) is 4.90 Å². The SMILES string of the molecule is CS(=O)(=O)c1ccc(SCCCCCCCCCBr)cc1. The van der Waals surface area contributed by atoms with Gasteiger partial charge in [-0.25, -0.2) is 8.42 Å². The first-order valence-electron chi connectivity index (χ1n) is 7.53. The standard InChI is InChI=1S/C16H25BrO2S2/c1-21(18,19)16-11-9-15(10-12-16)20-14-8-6-4-2-3-5-7-13-17/h9-12H,2-8,13-14H2,1H3. The van der Waals surface area contributed by atoms with E-state index in [1.807, 2.05) is 23.9 Å². The summed E-state index contributed by atoms with van der Waals surface area (Å²) >= 11 is 5.26. The molecule has 0 aliphatic heterocycles. The lowest BCUT2D eigenvalue weighted by molar-refractivity contribution is 0.602. The molecule has 21 heavy (non-hydrogen) atoms. The molecule has 0 aliphatic carbocycles. The van der Waals surface area contributed by atoms with E-state index < -0.39 is 9.84 Å². The molecule has 0 aromatic heterocycles. The number of alkyl halides is 1. The van der Waals surface area contributed by atoms with Gasteiger partial charge in [-0.2, -0.15) is 0 Å². The highest BCUT2D eigenvalue weighted by Gasteiger charge is 2.05. The Hall–Kier alpha value is -0.000000000000000111. The smallest absolute Gasteiger partial charge is 0.175 e. The molecule has 0 amide bonds. The lowest BCUT2D eigenvalue weighted by atomic mass is 10.1. The Morgan fingerprint density at radius 1 is 0.905 bits per heavy atom. The lowest BCUT2D eigenvalue weighted by Gasteiger charge is -2.04. The van der Waals surface area contributed by atoms with Crippen LogP contribution in [0.25, 0.3) is 0 Å². The minimum Gasteiger partial charge on any atom is -0.224 e. The van der Waals surface area contributed by atoms with E-state index in [9.17, 15) is 8.42 Å². The molecule has 1 aromatic rings. The number of halogens is 1. The number of thioether (sulfide) groups is 1. The second kappa shape index (κ2) is 10.7. The van der Waals surface area contributed by atoms with Crippen LogP contribution < -0.4 is 0 Å². The highest BCUT2D eigenvalue weighted by atomic mass is 79.9. The first kappa shape index (κ1) is 19.0. The maximum absolute atomic E-state index is 11.4. The molecule has 0 fully saturated rings. The first-order valence-corrected chi connectivity index (χ1v) is 11.5. The van der Waals surface area contributed by atoms with E-state index in [4.69, 9.17) is 0 Å². The van der Waals surface area contributed by atoms with Crippen LogP contribution in [0.1, 0.15) is 44.9 Å². The monoisotopic (exact) mass is 392 g/mol. The minimum absolute atomic E-state index is 0.398. The summed E-state index contributed by atoms with van der Waals surface area (Å²) < 4.78 is 22.7. The fraction of sp³-hybridized carbons (Fsp3) is 0.625. The molecule has 120 valence electrons. The van der Waals surface area contributed by atoms with Crippen LogP contribution >= 0.6 is 27.7 Å². The molecule has 0 N–H and O–H groups in total. The van der Waals surface area contributed by atoms with E-state index in [0.717, 1.165) is 16.0 Å². The number of sulfone groups is 1. The van der Waals surface area contributed by atoms with Gasteiger partial charge in [0.25, 0.3) is 0 Å². The molecule has 0 saturated heterocycles. The topological polar surface area (TPSA) is 34.1 Å². The summed E-state index contributed by atoms with van der Waals surface area (Å²) in [5.74, 6) is 1.11. The Kier molecular flexibility index (Phi) is 9.69. The summed E-state index contributed by atoms with van der Waals surface area (Å²) in [5, 5.41) is 1.13. The van der Waals surface area contributed by atoms with Crippen molar-refractivity contribution >= 4 is 37.5 Å². The highest BCUT2D eigenvalue weighted by molar-refractivity contribution is 9.09. The van der Waals surface area contributed by atoms with Crippen molar-refractivity contribution in [1.29, 1.82) is 0 Å². The second-order valence-electron chi connectivity index (χ2n) is 5.26. The normalized spacial score (nSPS) is 11.7. The van der Waals surface area contributed by atoms with Gasteiger partial charge in [0.2, 0.25) is 0 Å². The molecule has 0 unspecified atom stereocenters. The summed E-state index contributed by atoms with van der Waals surface area (Å²) in [5.41, 5.74) is 0. The summed E-state index contributed by atoms with van der Waals surface area (Å²) in [4.78, 5) is 1.55. The van der Waals surface area contributed by atoms with Crippen LogP contribution in [0.4, 0.5) is 0 Å². The van der Waals surface area contributed by atoms with Crippen molar-refractivity contribution in [2.45, 2.75) is 54.7 Å². The fourth-order valence-electron chi connectivity index (χ4n) is 2.05.